The van der Waals surface area contributed by atoms with Crippen LogP contribution in [-0.2, 0) is 4.79 Å². The number of hydrogen-bond acceptors (Lipinski definition) is 2. The Labute approximate surface area is 187 Å². The Balaban J connectivity index is 2.09. The van der Waals surface area contributed by atoms with Gasteiger partial charge in [0.05, 0.1) is 12.8 Å². The standard InChI is InChI=1S/C26H49N3O/c1-5-7-8-9-10-11-12-13-14-15-16-17-18-19-20-21-26-27-22-23-29(26,6-2)24(3)28-25(4)30/h18-19,22,24,26H,5-17,20-21,23H2,1-4H3/p+1/b19-18+. The third-order valence-electron chi connectivity index (χ3n) is 6.80. The molecule has 0 saturated carbocycles. The van der Waals surface area contributed by atoms with Crippen LogP contribution >= 0.6 is 0 Å². The highest BCUT2D eigenvalue weighted by atomic mass is 16.1. The topological polar surface area (TPSA) is 41.5 Å². The zero-order chi connectivity index (χ0) is 22.1. The number of carbonyl (C=O) groups is 1. The molecule has 0 aromatic carbocycles. The smallest absolute Gasteiger partial charge is 0.221 e. The van der Waals surface area contributed by atoms with E-state index in [-0.39, 0.29) is 18.2 Å². The number of amides is 1. The minimum atomic E-state index is 0.0472. The molecule has 0 fully saturated rings. The summed E-state index contributed by atoms with van der Waals surface area (Å²) in [7, 11) is 0. The molecule has 0 spiro atoms. The molecule has 1 amide bonds. The van der Waals surface area contributed by atoms with Crippen molar-refractivity contribution in [3.8, 4) is 0 Å². The first-order valence-corrected chi connectivity index (χ1v) is 12.9. The summed E-state index contributed by atoms with van der Waals surface area (Å²) in [5.74, 6) is 0.0472. The van der Waals surface area contributed by atoms with Gasteiger partial charge in [-0.2, -0.15) is 0 Å². The van der Waals surface area contributed by atoms with Crippen molar-refractivity contribution >= 4 is 12.1 Å². The molecule has 1 rings (SSSR count). The van der Waals surface area contributed by atoms with Crippen molar-refractivity contribution in [3.05, 3.63) is 12.2 Å². The summed E-state index contributed by atoms with van der Waals surface area (Å²) < 4.78 is 0.853. The van der Waals surface area contributed by atoms with E-state index in [1.807, 2.05) is 0 Å². The molecule has 0 radical (unpaired) electrons. The van der Waals surface area contributed by atoms with Gasteiger partial charge in [-0.3, -0.25) is 9.28 Å². The molecule has 3 unspecified atom stereocenters. The van der Waals surface area contributed by atoms with Crippen LogP contribution in [0.15, 0.2) is 17.1 Å². The van der Waals surface area contributed by atoms with E-state index in [1.54, 1.807) is 6.92 Å². The number of hydrogen-bond donors (Lipinski definition) is 1. The zero-order valence-corrected chi connectivity index (χ0v) is 20.5. The van der Waals surface area contributed by atoms with Crippen molar-refractivity contribution < 1.29 is 9.28 Å². The lowest BCUT2D eigenvalue weighted by atomic mass is 10.1. The summed E-state index contributed by atoms with van der Waals surface area (Å²) in [4.78, 5) is 16.3. The second-order valence-electron chi connectivity index (χ2n) is 9.16. The number of nitrogens with zero attached hydrogens (tertiary/aromatic N) is 2. The normalized spacial score (nSPS) is 22.1. The van der Waals surface area contributed by atoms with Gasteiger partial charge in [0.2, 0.25) is 5.91 Å². The highest BCUT2D eigenvalue weighted by Gasteiger charge is 2.42. The lowest BCUT2D eigenvalue weighted by Gasteiger charge is -2.42. The molecular formula is C26H50N3O+. The SMILES string of the molecule is CCCCCCCCCCCCC/C=C/CCC1N=CC[N+]1(CC)C(C)NC(C)=O. The fourth-order valence-electron chi connectivity index (χ4n) is 4.77. The van der Waals surface area contributed by atoms with Crippen molar-refractivity contribution in [3.63, 3.8) is 0 Å². The highest BCUT2D eigenvalue weighted by Crippen LogP contribution is 2.26. The predicted molar refractivity (Wildman–Crippen MR) is 131 cm³/mol. The number of nitrogens with one attached hydrogen (secondary N) is 1. The summed E-state index contributed by atoms with van der Waals surface area (Å²) in [6.45, 7) is 10.1. The van der Waals surface area contributed by atoms with Crippen LogP contribution in [-0.4, -0.2) is 42.0 Å². The van der Waals surface area contributed by atoms with Crippen LogP contribution in [0.25, 0.3) is 0 Å². The van der Waals surface area contributed by atoms with Crippen LogP contribution in [0, 0.1) is 0 Å². The van der Waals surface area contributed by atoms with Crippen LogP contribution in [0.1, 0.15) is 118 Å². The summed E-state index contributed by atoms with van der Waals surface area (Å²) >= 11 is 0. The second-order valence-corrected chi connectivity index (χ2v) is 9.16. The number of unbranched alkanes of at least 4 members (excludes halogenated alkanes) is 11. The Morgan fingerprint density at radius 3 is 2.13 bits per heavy atom. The molecule has 0 aromatic rings. The molecule has 0 aliphatic carbocycles. The maximum Gasteiger partial charge on any atom is 0.221 e. The second kappa shape index (κ2) is 16.5. The Morgan fingerprint density at radius 1 is 1.00 bits per heavy atom. The largest absolute Gasteiger partial charge is 0.307 e. The van der Waals surface area contributed by atoms with Crippen molar-refractivity contribution in [2.24, 2.45) is 4.99 Å². The van der Waals surface area contributed by atoms with Gasteiger partial charge in [0.25, 0.3) is 0 Å². The van der Waals surface area contributed by atoms with E-state index in [4.69, 9.17) is 4.99 Å². The average Bonchev–Trinajstić information content (AvgIpc) is 3.14. The van der Waals surface area contributed by atoms with Crippen molar-refractivity contribution in [2.75, 3.05) is 13.1 Å². The monoisotopic (exact) mass is 420 g/mol. The lowest BCUT2D eigenvalue weighted by Crippen LogP contribution is -2.63. The number of allylic oxidation sites excluding steroid dienone is 2. The minimum absolute atomic E-state index is 0.0472. The molecule has 0 aromatic heterocycles. The molecule has 0 saturated heterocycles. The molecule has 1 heterocycles. The Hall–Kier alpha value is -1.16. The summed E-state index contributed by atoms with van der Waals surface area (Å²) in [5, 5.41) is 3.10. The first-order valence-electron chi connectivity index (χ1n) is 12.9. The van der Waals surface area contributed by atoms with E-state index in [0.29, 0.717) is 0 Å². The van der Waals surface area contributed by atoms with Crippen molar-refractivity contribution in [2.45, 2.75) is 130 Å². The fourth-order valence-corrected chi connectivity index (χ4v) is 4.77. The van der Waals surface area contributed by atoms with Gasteiger partial charge in [0, 0.05) is 20.3 Å². The van der Waals surface area contributed by atoms with Crippen LogP contribution in [0.4, 0.5) is 0 Å². The van der Waals surface area contributed by atoms with Gasteiger partial charge < -0.3 is 5.32 Å². The predicted octanol–water partition coefficient (Wildman–Crippen LogP) is 6.75. The molecule has 174 valence electrons. The highest BCUT2D eigenvalue weighted by molar-refractivity contribution is 5.73. The molecule has 1 N–H and O–H groups in total. The molecular weight excluding hydrogens is 370 g/mol. The van der Waals surface area contributed by atoms with Crippen LogP contribution in [0.3, 0.4) is 0 Å². The number of rotatable bonds is 18. The number of quaternary nitrogens is 1. The third kappa shape index (κ3) is 10.2. The summed E-state index contributed by atoms with van der Waals surface area (Å²) in [6.07, 6.45) is 25.9. The van der Waals surface area contributed by atoms with Crippen LogP contribution < -0.4 is 5.32 Å². The van der Waals surface area contributed by atoms with E-state index in [0.717, 1.165) is 30.4 Å². The first kappa shape index (κ1) is 26.9. The molecule has 1 aliphatic heterocycles. The minimum Gasteiger partial charge on any atom is -0.307 e. The van der Waals surface area contributed by atoms with Crippen molar-refractivity contribution in [1.82, 2.24) is 5.32 Å². The van der Waals surface area contributed by atoms with Gasteiger partial charge in [0.15, 0.2) is 12.3 Å². The third-order valence-corrected chi connectivity index (χ3v) is 6.80. The van der Waals surface area contributed by atoms with E-state index in [9.17, 15) is 4.79 Å². The van der Waals surface area contributed by atoms with Gasteiger partial charge >= 0.3 is 0 Å². The van der Waals surface area contributed by atoms with E-state index < -0.39 is 0 Å². The Bertz CT molecular complexity index is 503. The van der Waals surface area contributed by atoms with Crippen LogP contribution in [0.5, 0.6) is 0 Å². The molecule has 0 bridgehead atoms. The van der Waals surface area contributed by atoms with Crippen molar-refractivity contribution in [1.29, 1.82) is 0 Å². The first-order chi connectivity index (χ1) is 14.6. The van der Waals surface area contributed by atoms with E-state index in [2.05, 4.69) is 44.5 Å². The zero-order valence-electron chi connectivity index (χ0n) is 20.5. The van der Waals surface area contributed by atoms with E-state index in [1.165, 1.54) is 77.0 Å². The van der Waals surface area contributed by atoms with Gasteiger partial charge in [-0.25, -0.2) is 4.99 Å². The van der Waals surface area contributed by atoms with Gasteiger partial charge in [-0.15, -0.1) is 0 Å². The molecule has 3 atom stereocenters. The van der Waals surface area contributed by atoms with Gasteiger partial charge in [0.1, 0.15) is 6.54 Å². The van der Waals surface area contributed by atoms with Crippen LogP contribution in [0.2, 0.25) is 0 Å². The Kier molecular flexibility index (Phi) is 14.8. The van der Waals surface area contributed by atoms with Gasteiger partial charge in [-0.1, -0.05) is 83.3 Å². The maximum atomic E-state index is 11.5. The summed E-state index contributed by atoms with van der Waals surface area (Å²) in [5.41, 5.74) is 0. The number of aliphatic imine (C=N–C) groups is 1. The average molecular weight is 421 g/mol. The number of carbonyl (C=O) groups excluding carboxylic acids is 1. The Morgan fingerprint density at radius 2 is 1.57 bits per heavy atom. The van der Waals surface area contributed by atoms with Gasteiger partial charge in [-0.05, 0) is 26.2 Å². The quantitative estimate of drug-likeness (QED) is 0.149. The summed E-state index contributed by atoms with van der Waals surface area (Å²) in [6, 6.07) is 0. The molecule has 1 aliphatic rings. The maximum absolute atomic E-state index is 11.5. The molecule has 30 heavy (non-hydrogen) atoms. The molecule has 4 heteroatoms. The lowest BCUT2D eigenvalue weighted by molar-refractivity contribution is -0.959. The molecule has 4 nitrogen and oxygen atoms in total. The fraction of sp³-hybridized carbons (Fsp3) is 0.846. The van der Waals surface area contributed by atoms with E-state index >= 15 is 0 Å².